The van der Waals surface area contributed by atoms with Gasteiger partial charge in [-0.1, -0.05) is 60.7 Å². The summed E-state index contributed by atoms with van der Waals surface area (Å²) >= 11 is 0. The molecular formula is C30H28N4O2. The summed E-state index contributed by atoms with van der Waals surface area (Å²) in [6, 6.07) is 33.3. The van der Waals surface area contributed by atoms with Gasteiger partial charge in [-0.25, -0.2) is 0 Å². The Hall–Kier alpha value is -4.58. The second-order valence-electron chi connectivity index (χ2n) is 8.51. The quantitative estimate of drug-likeness (QED) is 0.266. The molecule has 4 aromatic carbocycles. The lowest BCUT2D eigenvalue weighted by Gasteiger charge is -2.14. The first-order chi connectivity index (χ1) is 17.5. The van der Waals surface area contributed by atoms with Crippen molar-refractivity contribution in [1.29, 1.82) is 0 Å². The minimum Gasteiger partial charge on any atom is -0.346 e. The Bertz CT molecular complexity index is 1210. The highest BCUT2D eigenvalue weighted by molar-refractivity contribution is 5.95. The lowest BCUT2D eigenvalue weighted by atomic mass is 10.1. The fourth-order valence-electron chi connectivity index (χ4n) is 3.68. The Morgan fingerprint density at radius 1 is 0.528 bits per heavy atom. The average Bonchev–Trinajstić information content (AvgIpc) is 2.93. The normalized spacial score (nSPS) is 12.6. The average molecular weight is 477 g/mol. The monoisotopic (exact) mass is 476 g/mol. The van der Waals surface area contributed by atoms with Gasteiger partial charge in [0, 0.05) is 11.1 Å². The van der Waals surface area contributed by atoms with Crippen molar-refractivity contribution in [3.63, 3.8) is 0 Å². The van der Waals surface area contributed by atoms with Gasteiger partial charge in [-0.05, 0) is 73.5 Å². The largest absolute Gasteiger partial charge is 0.346 e. The molecule has 0 aromatic heterocycles. The highest BCUT2D eigenvalue weighted by atomic mass is 16.2. The summed E-state index contributed by atoms with van der Waals surface area (Å²) in [5, 5.41) is 14.5. The Balaban J connectivity index is 1.32. The number of amides is 2. The van der Waals surface area contributed by atoms with Gasteiger partial charge in [0.1, 0.15) is 0 Å². The topological polar surface area (TPSA) is 82.9 Å². The molecule has 36 heavy (non-hydrogen) atoms. The van der Waals surface area contributed by atoms with Crippen molar-refractivity contribution < 1.29 is 9.59 Å². The van der Waals surface area contributed by atoms with E-state index in [1.54, 1.807) is 48.5 Å². The molecule has 2 atom stereocenters. The van der Waals surface area contributed by atoms with E-state index in [0.717, 1.165) is 11.1 Å². The summed E-state index contributed by atoms with van der Waals surface area (Å²) in [4.78, 5) is 25.1. The fraction of sp³-hybridized carbons (Fsp3) is 0.133. The molecule has 4 aromatic rings. The summed E-state index contributed by atoms with van der Waals surface area (Å²) in [6.07, 6.45) is 0. The Morgan fingerprint density at radius 3 is 1.19 bits per heavy atom. The van der Waals surface area contributed by atoms with Gasteiger partial charge in [0.25, 0.3) is 11.8 Å². The summed E-state index contributed by atoms with van der Waals surface area (Å²) in [5.41, 5.74) is 4.45. The molecule has 0 fully saturated rings. The number of rotatable bonds is 8. The molecule has 180 valence electrons. The number of nitrogens with one attached hydrogen (secondary N) is 2. The molecule has 0 saturated heterocycles. The van der Waals surface area contributed by atoms with Crippen LogP contribution in [0.1, 0.15) is 57.8 Å². The van der Waals surface area contributed by atoms with Crippen molar-refractivity contribution in [2.45, 2.75) is 25.9 Å². The molecule has 0 saturated carbocycles. The lowest BCUT2D eigenvalue weighted by molar-refractivity contribution is 0.0931. The van der Waals surface area contributed by atoms with Crippen LogP contribution < -0.4 is 10.6 Å². The summed E-state index contributed by atoms with van der Waals surface area (Å²) in [7, 11) is 0. The number of benzene rings is 4. The van der Waals surface area contributed by atoms with Crippen LogP contribution in [-0.2, 0) is 0 Å². The van der Waals surface area contributed by atoms with Crippen molar-refractivity contribution in [2.75, 3.05) is 0 Å². The van der Waals surface area contributed by atoms with E-state index in [1.165, 1.54) is 0 Å². The minimum absolute atomic E-state index is 0.0929. The zero-order valence-electron chi connectivity index (χ0n) is 20.3. The molecule has 0 aliphatic carbocycles. The number of hydrogen-bond donors (Lipinski definition) is 2. The van der Waals surface area contributed by atoms with Gasteiger partial charge in [-0.15, -0.1) is 0 Å². The molecule has 2 N–H and O–H groups in total. The molecule has 0 spiro atoms. The van der Waals surface area contributed by atoms with Gasteiger partial charge in [0.2, 0.25) is 0 Å². The van der Waals surface area contributed by atoms with E-state index in [1.807, 2.05) is 74.5 Å². The van der Waals surface area contributed by atoms with Crippen LogP contribution >= 0.6 is 0 Å². The molecule has 0 heterocycles. The maximum absolute atomic E-state index is 12.6. The SMILES string of the molecule is C[C@@H](NC(=O)c1ccc(N=Nc2ccc(C(=O)N[C@H](C)c3ccccc3)cc2)cc1)c1ccccc1. The Morgan fingerprint density at radius 2 is 0.861 bits per heavy atom. The van der Waals surface area contributed by atoms with Crippen LogP contribution in [0.15, 0.2) is 119 Å². The van der Waals surface area contributed by atoms with Gasteiger partial charge >= 0.3 is 0 Å². The maximum Gasteiger partial charge on any atom is 0.251 e. The predicted octanol–water partition coefficient (Wildman–Crippen LogP) is 7.08. The lowest BCUT2D eigenvalue weighted by Crippen LogP contribution is -2.26. The Kier molecular flexibility index (Phi) is 7.98. The van der Waals surface area contributed by atoms with E-state index >= 15 is 0 Å². The van der Waals surface area contributed by atoms with Crippen LogP contribution in [-0.4, -0.2) is 11.8 Å². The second-order valence-corrected chi connectivity index (χ2v) is 8.51. The van der Waals surface area contributed by atoms with Crippen LogP contribution in [0.25, 0.3) is 0 Å². The molecular weight excluding hydrogens is 448 g/mol. The first kappa shape index (κ1) is 24.5. The first-order valence-electron chi connectivity index (χ1n) is 11.8. The van der Waals surface area contributed by atoms with Crippen molar-refractivity contribution in [3.05, 3.63) is 131 Å². The smallest absolute Gasteiger partial charge is 0.251 e. The molecule has 0 unspecified atom stereocenters. The van der Waals surface area contributed by atoms with Gasteiger partial charge in [0.05, 0.1) is 23.5 Å². The zero-order chi connectivity index (χ0) is 25.3. The fourth-order valence-corrected chi connectivity index (χ4v) is 3.68. The molecule has 0 bridgehead atoms. The number of carbonyl (C=O) groups excluding carboxylic acids is 2. The van der Waals surface area contributed by atoms with Gasteiger partial charge in [0.15, 0.2) is 0 Å². The van der Waals surface area contributed by atoms with Crippen LogP contribution in [0.3, 0.4) is 0 Å². The predicted molar refractivity (Wildman–Crippen MR) is 142 cm³/mol. The molecule has 0 radical (unpaired) electrons. The van der Waals surface area contributed by atoms with Gasteiger partial charge < -0.3 is 10.6 Å². The number of hydrogen-bond acceptors (Lipinski definition) is 4. The molecule has 0 aliphatic rings. The maximum atomic E-state index is 12.6. The van der Waals surface area contributed by atoms with Gasteiger partial charge in [-0.2, -0.15) is 10.2 Å². The van der Waals surface area contributed by atoms with Crippen LogP contribution in [0, 0.1) is 0 Å². The number of carbonyl (C=O) groups is 2. The highest BCUT2D eigenvalue weighted by Crippen LogP contribution is 2.20. The standard InChI is InChI=1S/C30H28N4O2/c1-21(23-9-5-3-6-10-23)31-29(35)25-13-17-27(18-14-25)33-34-28-19-15-26(16-20-28)30(36)32-22(2)24-11-7-4-8-12-24/h3-22H,1-2H3,(H,31,35)(H,32,36)/t21-,22-/m1/s1. The van der Waals surface area contributed by atoms with Crippen molar-refractivity contribution in [1.82, 2.24) is 10.6 Å². The van der Waals surface area contributed by atoms with E-state index < -0.39 is 0 Å². The summed E-state index contributed by atoms with van der Waals surface area (Å²) in [5.74, 6) is -0.296. The highest BCUT2D eigenvalue weighted by Gasteiger charge is 2.12. The van der Waals surface area contributed by atoms with E-state index in [9.17, 15) is 9.59 Å². The van der Waals surface area contributed by atoms with Crippen LogP contribution in [0.4, 0.5) is 11.4 Å². The second kappa shape index (κ2) is 11.7. The van der Waals surface area contributed by atoms with E-state index in [-0.39, 0.29) is 23.9 Å². The van der Waals surface area contributed by atoms with Crippen LogP contribution in [0.2, 0.25) is 0 Å². The van der Waals surface area contributed by atoms with Gasteiger partial charge in [-0.3, -0.25) is 9.59 Å². The summed E-state index contributed by atoms with van der Waals surface area (Å²) in [6.45, 7) is 3.91. The van der Waals surface area contributed by atoms with E-state index in [0.29, 0.717) is 22.5 Å². The molecule has 4 rings (SSSR count). The number of nitrogens with zero attached hydrogens (tertiary/aromatic N) is 2. The number of azo groups is 1. The van der Waals surface area contributed by atoms with E-state index in [2.05, 4.69) is 20.9 Å². The van der Waals surface area contributed by atoms with Crippen molar-refractivity contribution in [3.8, 4) is 0 Å². The van der Waals surface area contributed by atoms with Crippen molar-refractivity contribution >= 4 is 23.2 Å². The molecule has 2 amide bonds. The van der Waals surface area contributed by atoms with Crippen LogP contribution in [0.5, 0.6) is 0 Å². The molecule has 0 aliphatic heterocycles. The Labute approximate surface area is 211 Å². The summed E-state index contributed by atoms with van der Waals surface area (Å²) < 4.78 is 0. The minimum atomic E-state index is -0.148. The third-order valence-electron chi connectivity index (χ3n) is 5.83. The van der Waals surface area contributed by atoms with Crippen molar-refractivity contribution in [2.24, 2.45) is 10.2 Å². The molecule has 6 heteroatoms. The third-order valence-corrected chi connectivity index (χ3v) is 5.83. The van der Waals surface area contributed by atoms with E-state index in [4.69, 9.17) is 0 Å². The molecule has 6 nitrogen and oxygen atoms in total. The third kappa shape index (κ3) is 6.51. The first-order valence-corrected chi connectivity index (χ1v) is 11.8. The zero-order valence-corrected chi connectivity index (χ0v) is 20.3.